The molecular formula is C24H52Si2. The van der Waals surface area contributed by atoms with E-state index in [1.165, 1.54) is 77.0 Å². The van der Waals surface area contributed by atoms with Gasteiger partial charge in [-0.05, 0) is 0 Å². The standard InChI is InChI=1S/C24H52Si2/c1-5-9-13-17-21-25(22-18-14-10-6-2)26(23-19-15-11-7-3)24-20-16-12-8-4/h5-24H2,1-4H3. The Kier molecular flexibility index (Phi) is 22.1. The lowest BCUT2D eigenvalue weighted by Gasteiger charge is -2.25. The van der Waals surface area contributed by atoms with Gasteiger partial charge in [0.15, 0.2) is 0 Å². The normalized spacial score (nSPS) is 11.8. The summed E-state index contributed by atoms with van der Waals surface area (Å²) in [5.74, 6) is 0. The largest absolute Gasteiger partial charge is 0.0654 e. The first kappa shape index (κ1) is 26.4. The highest BCUT2D eigenvalue weighted by Gasteiger charge is 2.23. The summed E-state index contributed by atoms with van der Waals surface area (Å²) in [6, 6.07) is 6.69. The summed E-state index contributed by atoms with van der Waals surface area (Å²) in [7, 11) is -0.0325. The second kappa shape index (κ2) is 21.7. The Bertz CT molecular complexity index is 205. The van der Waals surface area contributed by atoms with Crippen molar-refractivity contribution in [1.29, 1.82) is 0 Å². The van der Waals surface area contributed by atoms with Crippen LogP contribution < -0.4 is 0 Å². The third-order valence-electron chi connectivity index (χ3n) is 5.83. The van der Waals surface area contributed by atoms with Crippen molar-refractivity contribution in [2.24, 2.45) is 0 Å². The van der Waals surface area contributed by atoms with E-state index >= 15 is 0 Å². The van der Waals surface area contributed by atoms with Crippen LogP contribution in [0, 0.1) is 0 Å². The number of hydrogen-bond acceptors (Lipinski definition) is 0. The smallest absolute Gasteiger partial charge is 0.0378 e. The van der Waals surface area contributed by atoms with Crippen LogP contribution in [0.2, 0.25) is 24.2 Å². The first-order valence-electron chi connectivity index (χ1n) is 12.5. The van der Waals surface area contributed by atoms with Crippen LogP contribution in [0.1, 0.15) is 130 Å². The van der Waals surface area contributed by atoms with Gasteiger partial charge in [-0.3, -0.25) is 0 Å². The molecule has 0 fully saturated rings. The van der Waals surface area contributed by atoms with Crippen LogP contribution in [-0.2, 0) is 0 Å². The van der Waals surface area contributed by atoms with Crippen LogP contribution >= 0.6 is 0 Å². The Labute approximate surface area is 171 Å². The lowest BCUT2D eigenvalue weighted by Crippen LogP contribution is -2.35. The van der Waals surface area contributed by atoms with Crippen LogP contribution in [-0.4, -0.2) is 16.6 Å². The Hall–Kier alpha value is 0.434. The molecule has 156 valence electrons. The Balaban J connectivity index is 4.52. The SMILES string of the molecule is CCCCCC[Si](CCCCCC)[Si](CCCCCC)CCCCCC. The van der Waals surface area contributed by atoms with E-state index in [2.05, 4.69) is 27.7 Å². The molecule has 0 aliphatic rings. The monoisotopic (exact) mass is 396 g/mol. The molecule has 0 nitrogen and oxygen atoms in total. The molecule has 0 bridgehead atoms. The van der Waals surface area contributed by atoms with Gasteiger partial charge >= 0.3 is 0 Å². The topological polar surface area (TPSA) is 0 Å². The van der Waals surface area contributed by atoms with Gasteiger partial charge in [-0.1, -0.05) is 155 Å². The lowest BCUT2D eigenvalue weighted by atomic mass is 10.2. The first-order chi connectivity index (χ1) is 12.8. The van der Waals surface area contributed by atoms with Gasteiger partial charge in [0.05, 0.1) is 0 Å². The van der Waals surface area contributed by atoms with Crippen LogP contribution in [0.5, 0.6) is 0 Å². The summed E-state index contributed by atoms with van der Waals surface area (Å²) in [6.45, 7) is 9.42. The molecule has 0 rings (SSSR count). The lowest BCUT2D eigenvalue weighted by molar-refractivity contribution is 0.681. The molecule has 0 aliphatic carbocycles. The molecule has 0 aliphatic heterocycles. The molecule has 0 aromatic carbocycles. The van der Waals surface area contributed by atoms with Gasteiger partial charge in [-0.2, -0.15) is 0 Å². The van der Waals surface area contributed by atoms with Crippen LogP contribution in [0.4, 0.5) is 0 Å². The van der Waals surface area contributed by atoms with Crippen molar-refractivity contribution in [2.75, 3.05) is 0 Å². The zero-order valence-electron chi connectivity index (χ0n) is 19.1. The number of rotatable bonds is 21. The average Bonchev–Trinajstić information content (AvgIpc) is 2.66. The van der Waals surface area contributed by atoms with Crippen molar-refractivity contribution in [3.8, 4) is 0 Å². The second-order valence-electron chi connectivity index (χ2n) is 8.45. The molecular weight excluding hydrogens is 344 g/mol. The van der Waals surface area contributed by atoms with E-state index in [4.69, 9.17) is 0 Å². The van der Waals surface area contributed by atoms with E-state index in [-0.39, 0.29) is 16.6 Å². The Morgan fingerprint density at radius 2 is 0.538 bits per heavy atom. The summed E-state index contributed by atoms with van der Waals surface area (Å²) in [5.41, 5.74) is 0. The van der Waals surface area contributed by atoms with Crippen molar-refractivity contribution in [2.45, 2.75) is 155 Å². The maximum Gasteiger partial charge on any atom is 0.0378 e. The van der Waals surface area contributed by atoms with Gasteiger partial charge in [0.2, 0.25) is 0 Å². The molecule has 0 N–H and O–H groups in total. The van der Waals surface area contributed by atoms with Gasteiger partial charge < -0.3 is 0 Å². The molecule has 0 amide bonds. The molecule has 0 saturated heterocycles. The molecule has 0 spiro atoms. The summed E-state index contributed by atoms with van der Waals surface area (Å²) in [4.78, 5) is 0. The van der Waals surface area contributed by atoms with Crippen LogP contribution in [0.15, 0.2) is 0 Å². The molecule has 0 aromatic heterocycles. The molecule has 2 radical (unpaired) electrons. The van der Waals surface area contributed by atoms with Crippen molar-refractivity contribution < 1.29 is 0 Å². The Morgan fingerprint density at radius 3 is 0.731 bits per heavy atom. The Morgan fingerprint density at radius 1 is 0.308 bits per heavy atom. The summed E-state index contributed by atoms with van der Waals surface area (Å²) < 4.78 is 0. The fourth-order valence-electron chi connectivity index (χ4n) is 4.02. The number of unbranched alkanes of at least 4 members (excludes halogenated alkanes) is 12. The molecule has 2 heteroatoms. The minimum Gasteiger partial charge on any atom is -0.0654 e. The fraction of sp³-hybridized carbons (Fsp3) is 1.00. The van der Waals surface area contributed by atoms with Crippen molar-refractivity contribution in [1.82, 2.24) is 0 Å². The molecule has 0 heterocycles. The molecule has 0 aromatic rings. The summed E-state index contributed by atoms with van der Waals surface area (Å²) in [5, 5.41) is 0. The maximum absolute atomic E-state index is 2.35. The highest BCUT2D eigenvalue weighted by atomic mass is 29.2. The van der Waals surface area contributed by atoms with E-state index in [0.717, 1.165) is 0 Å². The quantitative estimate of drug-likeness (QED) is 0.134. The van der Waals surface area contributed by atoms with Crippen LogP contribution in [0.25, 0.3) is 0 Å². The predicted molar refractivity (Wildman–Crippen MR) is 127 cm³/mol. The van der Waals surface area contributed by atoms with Gasteiger partial charge in [0.1, 0.15) is 0 Å². The van der Waals surface area contributed by atoms with Gasteiger partial charge in [0.25, 0.3) is 0 Å². The summed E-state index contributed by atoms with van der Waals surface area (Å²) >= 11 is 0. The van der Waals surface area contributed by atoms with E-state index in [9.17, 15) is 0 Å². The first-order valence-corrected chi connectivity index (χ1v) is 17.3. The average molecular weight is 397 g/mol. The van der Waals surface area contributed by atoms with Crippen LogP contribution in [0.3, 0.4) is 0 Å². The minimum absolute atomic E-state index is 0.0162. The zero-order chi connectivity index (χ0) is 19.3. The van der Waals surface area contributed by atoms with Gasteiger partial charge in [-0.15, -0.1) is 0 Å². The molecule has 0 atom stereocenters. The van der Waals surface area contributed by atoms with Gasteiger partial charge in [-0.25, -0.2) is 0 Å². The van der Waals surface area contributed by atoms with Crippen molar-refractivity contribution in [3.05, 3.63) is 0 Å². The highest BCUT2D eigenvalue weighted by Crippen LogP contribution is 2.23. The van der Waals surface area contributed by atoms with E-state index < -0.39 is 0 Å². The predicted octanol–water partition coefficient (Wildman–Crippen LogP) is 9.38. The fourth-order valence-corrected chi connectivity index (χ4v) is 15.0. The van der Waals surface area contributed by atoms with Crippen molar-refractivity contribution in [3.63, 3.8) is 0 Å². The molecule has 0 saturated carbocycles. The highest BCUT2D eigenvalue weighted by molar-refractivity contribution is 7.22. The molecule has 0 unspecified atom stereocenters. The maximum atomic E-state index is 2.35. The number of hydrogen-bond donors (Lipinski definition) is 0. The van der Waals surface area contributed by atoms with E-state index in [0.29, 0.717) is 0 Å². The third kappa shape index (κ3) is 16.6. The third-order valence-corrected chi connectivity index (χ3v) is 16.7. The summed E-state index contributed by atoms with van der Waals surface area (Å²) in [6.07, 6.45) is 23.8. The second-order valence-corrected chi connectivity index (χ2v) is 17.1. The van der Waals surface area contributed by atoms with Gasteiger partial charge in [0, 0.05) is 16.6 Å². The van der Waals surface area contributed by atoms with E-state index in [1.807, 2.05) is 0 Å². The zero-order valence-corrected chi connectivity index (χ0v) is 21.1. The minimum atomic E-state index is -0.0162. The van der Waals surface area contributed by atoms with Crippen molar-refractivity contribution >= 4 is 16.6 Å². The molecule has 26 heavy (non-hydrogen) atoms. The van der Waals surface area contributed by atoms with E-state index in [1.54, 1.807) is 49.9 Å².